The Morgan fingerprint density at radius 1 is 0.554 bits per heavy atom. The molecule has 1 aliphatic heterocycles. The van der Waals surface area contributed by atoms with Crippen LogP contribution < -0.4 is 5.32 Å². The summed E-state index contributed by atoms with van der Waals surface area (Å²) < 4.78 is 11.2. The van der Waals surface area contributed by atoms with Gasteiger partial charge in [0.1, 0.15) is 30.5 Å². The van der Waals surface area contributed by atoms with Crippen LogP contribution in [0.25, 0.3) is 0 Å². The highest BCUT2D eigenvalue weighted by atomic mass is 16.7. The van der Waals surface area contributed by atoms with Crippen LogP contribution in [0.4, 0.5) is 0 Å². The predicted octanol–water partition coefficient (Wildman–Crippen LogP) is 8.92. The SMILES string of the molecule is CCCCCCCCCCCCCCCCCCCCCCC(=O)N[C@@H](CO[C@@H]1O[C@H](CO)[C@@H](O)C(O)C1O)[C@H](O)[C@H](O)CCCCCCCCCCCCC. The van der Waals surface area contributed by atoms with Crippen LogP contribution in [0.3, 0.4) is 0 Å². The maximum absolute atomic E-state index is 13.0. The third-order valence-electron chi connectivity index (χ3n) is 11.8. The molecule has 0 aromatic heterocycles. The van der Waals surface area contributed by atoms with Crippen LogP contribution >= 0.6 is 0 Å². The summed E-state index contributed by atoms with van der Waals surface area (Å²) in [4.78, 5) is 13.0. The monoisotopic (exact) mass is 802 g/mol. The zero-order valence-electron chi connectivity index (χ0n) is 36.3. The topological polar surface area (TPSA) is 169 Å². The Labute approximate surface area is 343 Å². The summed E-state index contributed by atoms with van der Waals surface area (Å²) in [5, 5.41) is 65.1. The summed E-state index contributed by atoms with van der Waals surface area (Å²) in [6.45, 7) is 3.61. The van der Waals surface area contributed by atoms with Crippen LogP contribution in [0.5, 0.6) is 0 Å². The van der Waals surface area contributed by atoms with E-state index in [0.717, 1.165) is 44.9 Å². The number of hydrogen-bond donors (Lipinski definition) is 7. The standard InChI is InChI=1S/C46H91NO9/c1-3-5-7-9-11-13-15-16-17-18-19-20-21-22-23-25-27-29-31-33-35-41(50)47-38(37-55-46-45(54)44(53)43(52)40(36-48)56-46)42(51)39(49)34-32-30-28-26-24-14-12-10-8-6-4-2/h38-40,42-46,48-49,51-54H,3-37H2,1-2H3,(H,47,50)/t38-,39+,40+,42-,43+,44?,45?,46+/m0/s1. The first-order chi connectivity index (χ1) is 27.3. The van der Waals surface area contributed by atoms with Gasteiger partial charge in [0, 0.05) is 6.42 Å². The number of carbonyl (C=O) groups excluding carboxylic acids is 1. The second-order valence-electron chi connectivity index (χ2n) is 17.1. The van der Waals surface area contributed by atoms with E-state index in [1.807, 2.05) is 0 Å². The van der Waals surface area contributed by atoms with Gasteiger partial charge >= 0.3 is 0 Å². The second kappa shape index (κ2) is 37.2. The molecule has 0 saturated carbocycles. The normalized spacial score (nSPS) is 21.6. The van der Waals surface area contributed by atoms with Crippen molar-refractivity contribution in [1.82, 2.24) is 5.32 Å². The molecule has 0 aromatic carbocycles. The molecule has 8 atom stereocenters. The van der Waals surface area contributed by atoms with Crippen molar-refractivity contribution in [3.63, 3.8) is 0 Å². The van der Waals surface area contributed by atoms with Gasteiger partial charge in [0.2, 0.25) is 5.91 Å². The Morgan fingerprint density at radius 3 is 1.32 bits per heavy atom. The van der Waals surface area contributed by atoms with Crippen molar-refractivity contribution in [1.29, 1.82) is 0 Å². The van der Waals surface area contributed by atoms with Gasteiger partial charge in [-0.2, -0.15) is 0 Å². The van der Waals surface area contributed by atoms with Crippen molar-refractivity contribution in [3.05, 3.63) is 0 Å². The Kier molecular flexibility index (Phi) is 35.3. The van der Waals surface area contributed by atoms with Crippen molar-refractivity contribution >= 4 is 5.91 Å². The summed E-state index contributed by atoms with van der Waals surface area (Å²) in [7, 11) is 0. The fourth-order valence-electron chi connectivity index (χ4n) is 7.91. The second-order valence-corrected chi connectivity index (χ2v) is 17.1. The Balaban J connectivity index is 2.32. The summed E-state index contributed by atoms with van der Waals surface area (Å²) in [6.07, 6.45) is 29.7. The molecule has 1 saturated heterocycles. The molecule has 2 unspecified atom stereocenters. The van der Waals surface area contributed by atoms with Crippen LogP contribution in [0.1, 0.15) is 226 Å². The third-order valence-corrected chi connectivity index (χ3v) is 11.8. The van der Waals surface area contributed by atoms with E-state index in [1.54, 1.807) is 0 Å². The van der Waals surface area contributed by atoms with Crippen molar-refractivity contribution < 1.29 is 44.9 Å². The summed E-state index contributed by atoms with van der Waals surface area (Å²) in [6, 6.07) is -0.984. The quantitative estimate of drug-likeness (QED) is 0.0299. The van der Waals surface area contributed by atoms with Crippen molar-refractivity contribution in [2.45, 2.75) is 275 Å². The minimum absolute atomic E-state index is 0.254. The maximum Gasteiger partial charge on any atom is 0.220 e. The number of nitrogens with one attached hydrogen (secondary N) is 1. The van der Waals surface area contributed by atoms with Gasteiger partial charge in [-0.25, -0.2) is 0 Å². The molecule has 56 heavy (non-hydrogen) atoms. The van der Waals surface area contributed by atoms with E-state index in [9.17, 15) is 35.4 Å². The van der Waals surface area contributed by atoms with Crippen LogP contribution in [-0.2, 0) is 14.3 Å². The molecule has 1 heterocycles. The smallest absolute Gasteiger partial charge is 0.220 e. The van der Waals surface area contributed by atoms with Crippen LogP contribution in [0, 0.1) is 0 Å². The fraction of sp³-hybridized carbons (Fsp3) is 0.978. The van der Waals surface area contributed by atoms with Crippen molar-refractivity contribution in [2.75, 3.05) is 13.2 Å². The lowest BCUT2D eigenvalue weighted by Gasteiger charge is -2.40. The molecule has 1 fully saturated rings. The van der Waals surface area contributed by atoms with E-state index in [4.69, 9.17) is 9.47 Å². The molecule has 0 spiro atoms. The zero-order valence-corrected chi connectivity index (χ0v) is 36.3. The predicted molar refractivity (Wildman–Crippen MR) is 227 cm³/mol. The largest absolute Gasteiger partial charge is 0.394 e. The number of ether oxygens (including phenoxy) is 2. The Bertz CT molecular complexity index is 864. The number of carbonyl (C=O) groups is 1. The number of hydrogen-bond acceptors (Lipinski definition) is 9. The fourth-order valence-corrected chi connectivity index (χ4v) is 7.91. The average molecular weight is 802 g/mol. The first-order valence-electron chi connectivity index (χ1n) is 23.8. The van der Waals surface area contributed by atoms with E-state index in [0.29, 0.717) is 6.42 Å². The van der Waals surface area contributed by atoms with Crippen LogP contribution in [-0.4, -0.2) is 98.7 Å². The average Bonchev–Trinajstić information content (AvgIpc) is 3.20. The molecule has 7 N–H and O–H groups in total. The van der Waals surface area contributed by atoms with E-state index in [-0.39, 0.29) is 18.9 Å². The molecule has 1 amide bonds. The highest BCUT2D eigenvalue weighted by Gasteiger charge is 2.44. The Hall–Kier alpha value is -0.850. The lowest BCUT2D eigenvalue weighted by Crippen LogP contribution is -2.60. The molecule has 10 heteroatoms. The molecule has 1 aliphatic rings. The van der Waals surface area contributed by atoms with Gasteiger partial charge in [-0.05, 0) is 12.8 Å². The van der Waals surface area contributed by atoms with Crippen molar-refractivity contribution in [2.24, 2.45) is 0 Å². The summed E-state index contributed by atoms with van der Waals surface area (Å²) in [5.41, 5.74) is 0. The summed E-state index contributed by atoms with van der Waals surface area (Å²) >= 11 is 0. The highest BCUT2D eigenvalue weighted by molar-refractivity contribution is 5.76. The summed E-state index contributed by atoms with van der Waals surface area (Å²) in [5.74, 6) is -0.254. The molecule has 10 nitrogen and oxygen atoms in total. The molecule has 0 radical (unpaired) electrons. The van der Waals surface area contributed by atoms with Gasteiger partial charge in [-0.1, -0.05) is 206 Å². The zero-order chi connectivity index (χ0) is 41.1. The lowest BCUT2D eigenvalue weighted by molar-refractivity contribution is -0.303. The number of amides is 1. The van der Waals surface area contributed by atoms with E-state index >= 15 is 0 Å². The van der Waals surface area contributed by atoms with E-state index in [1.165, 1.54) is 154 Å². The first-order valence-corrected chi connectivity index (χ1v) is 23.8. The molecular weight excluding hydrogens is 711 g/mol. The third kappa shape index (κ3) is 27.0. The lowest BCUT2D eigenvalue weighted by atomic mass is 9.98. The van der Waals surface area contributed by atoms with E-state index in [2.05, 4.69) is 19.2 Å². The number of rotatable bonds is 40. The molecule has 1 rings (SSSR count). The molecule has 0 aromatic rings. The number of aliphatic hydroxyl groups is 6. The van der Waals surface area contributed by atoms with Gasteiger partial charge in [-0.15, -0.1) is 0 Å². The number of aliphatic hydroxyl groups excluding tert-OH is 6. The molecule has 334 valence electrons. The number of unbranched alkanes of at least 4 members (excludes halogenated alkanes) is 29. The highest BCUT2D eigenvalue weighted by Crippen LogP contribution is 2.23. The van der Waals surface area contributed by atoms with Gasteiger partial charge in [0.15, 0.2) is 6.29 Å². The van der Waals surface area contributed by atoms with Gasteiger partial charge < -0.3 is 45.4 Å². The Morgan fingerprint density at radius 2 is 0.929 bits per heavy atom. The van der Waals surface area contributed by atoms with Crippen LogP contribution in [0.15, 0.2) is 0 Å². The van der Waals surface area contributed by atoms with Gasteiger partial charge in [0.05, 0.1) is 25.4 Å². The molecular formula is C46H91NO9. The maximum atomic E-state index is 13.0. The van der Waals surface area contributed by atoms with Crippen molar-refractivity contribution in [3.8, 4) is 0 Å². The minimum atomic E-state index is -1.60. The van der Waals surface area contributed by atoms with Crippen LogP contribution in [0.2, 0.25) is 0 Å². The first kappa shape index (κ1) is 53.2. The van der Waals surface area contributed by atoms with Gasteiger partial charge in [0.25, 0.3) is 0 Å². The molecule has 0 bridgehead atoms. The minimum Gasteiger partial charge on any atom is -0.394 e. The molecule has 0 aliphatic carbocycles. The van der Waals surface area contributed by atoms with E-state index < -0.39 is 55.6 Å². The van der Waals surface area contributed by atoms with Gasteiger partial charge in [-0.3, -0.25) is 4.79 Å².